The lowest BCUT2D eigenvalue weighted by atomic mass is 9.99. The van der Waals surface area contributed by atoms with E-state index in [1.54, 1.807) is 19.9 Å². The fourth-order valence-electron chi connectivity index (χ4n) is 4.38. The lowest BCUT2D eigenvalue weighted by molar-refractivity contribution is 0.647. The second kappa shape index (κ2) is 6.95. The van der Waals surface area contributed by atoms with E-state index in [2.05, 4.69) is 41.4 Å². The predicted molar refractivity (Wildman–Crippen MR) is 131 cm³/mol. The van der Waals surface area contributed by atoms with Crippen LogP contribution in [0.5, 0.6) is 0 Å². The van der Waals surface area contributed by atoms with Gasteiger partial charge in [-0.25, -0.2) is 0 Å². The molecule has 0 bridgehead atoms. The summed E-state index contributed by atoms with van der Waals surface area (Å²) in [5.41, 5.74) is 2.69. The van der Waals surface area contributed by atoms with Crippen LogP contribution in [0.15, 0.2) is 89.4 Å². The van der Waals surface area contributed by atoms with E-state index in [1.165, 1.54) is 10.8 Å². The van der Waals surface area contributed by atoms with Crippen molar-refractivity contribution in [1.29, 1.82) is 0 Å². The topological polar surface area (TPSA) is 26.0 Å². The molecule has 0 aliphatic heterocycles. The smallest absolute Gasteiger partial charge is 0.144 e. The molecule has 2 heterocycles. The van der Waals surface area contributed by atoms with Crippen molar-refractivity contribution in [2.75, 3.05) is 0 Å². The molecule has 0 saturated heterocycles. The Labute approximate surface area is 186 Å². The Morgan fingerprint density at radius 1 is 0.871 bits per heavy atom. The Morgan fingerprint density at radius 3 is 2.61 bits per heavy atom. The minimum Gasteiger partial charge on any atom is -0.455 e. The van der Waals surface area contributed by atoms with Gasteiger partial charge in [0, 0.05) is 25.3 Å². The third kappa shape index (κ3) is 2.98. The maximum Gasteiger partial charge on any atom is 0.144 e. The van der Waals surface area contributed by atoms with Crippen LogP contribution in [0.4, 0.5) is 0 Å². The lowest BCUT2D eigenvalue weighted by Gasteiger charge is -2.07. The van der Waals surface area contributed by atoms with E-state index in [-0.39, 0.29) is 23.7 Å². The van der Waals surface area contributed by atoms with Crippen molar-refractivity contribution < 1.29 is 9.90 Å². The van der Waals surface area contributed by atoms with Gasteiger partial charge in [-0.15, -0.1) is 0 Å². The molecule has 0 spiro atoms. The third-order valence-electron chi connectivity index (χ3n) is 5.73. The van der Waals surface area contributed by atoms with Crippen LogP contribution in [0.2, 0.25) is 0 Å². The molecule has 150 valence electrons. The van der Waals surface area contributed by atoms with Crippen molar-refractivity contribution in [3.05, 3.63) is 90.6 Å². The maximum atomic E-state index is 8.53. The van der Waals surface area contributed by atoms with Crippen LogP contribution in [-0.4, -0.2) is 4.98 Å². The fraction of sp³-hybridized carbons (Fsp3) is 0.138. The molecular weight excluding hydrogens is 378 g/mol. The van der Waals surface area contributed by atoms with Crippen LogP contribution in [0.25, 0.3) is 54.7 Å². The van der Waals surface area contributed by atoms with Gasteiger partial charge >= 0.3 is 0 Å². The third-order valence-corrected chi connectivity index (χ3v) is 5.73. The Morgan fingerprint density at radius 2 is 1.71 bits per heavy atom. The summed E-state index contributed by atoms with van der Waals surface area (Å²) in [6.07, 6.45) is -2.00. The number of nitrogens with zero attached hydrogens (tertiary/aromatic N) is 1. The molecule has 6 rings (SSSR count). The molecule has 0 saturated carbocycles. The number of hydrogen-bond donors (Lipinski definition) is 0. The van der Waals surface area contributed by atoms with Gasteiger partial charge in [-0.1, -0.05) is 62.4 Å². The largest absolute Gasteiger partial charge is 0.455 e. The van der Waals surface area contributed by atoms with Crippen molar-refractivity contribution in [2.45, 2.75) is 20.2 Å². The number of hydrogen-bond acceptors (Lipinski definition) is 2. The average Bonchev–Trinajstić information content (AvgIpc) is 3.21. The Hall–Kier alpha value is -3.65. The van der Waals surface area contributed by atoms with Gasteiger partial charge < -0.3 is 4.42 Å². The van der Waals surface area contributed by atoms with Crippen LogP contribution in [0, 0.1) is 5.92 Å². The average molecular weight is 406 g/mol. The van der Waals surface area contributed by atoms with Gasteiger partial charge in [0.05, 0.1) is 8.44 Å². The molecule has 0 amide bonds. The molecule has 0 aliphatic carbocycles. The summed E-state index contributed by atoms with van der Waals surface area (Å²) >= 11 is 0. The number of para-hydroxylation sites is 1. The molecule has 0 aliphatic rings. The molecule has 31 heavy (non-hydrogen) atoms. The summed E-state index contributed by atoms with van der Waals surface area (Å²) in [5.74, 6) is -0.356. The molecule has 2 aromatic heterocycles. The first-order valence-corrected chi connectivity index (χ1v) is 10.5. The second-order valence-electron chi connectivity index (χ2n) is 8.23. The molecule has 4 aromatic carbocycles. The first-order chi connectivity index (χ1) is 16.8. The van der Waals surface area contributed by atoms with Crippen molar-refractivity contribution in [3.63, 3.8) is 0 Å². The highest BCUT2D eigenvalue weighted by atomic mass is 16.3. The summed E-state index contributed by atoms with van der Waals surface area (Å²) in [7, 11) is 0. The molecule has 2 nitrogen and oxygen atoms in total. The molecule has 0 unspecified atom stereocenters. The second-order valence-corrected chi connectivity index (χ2v) is 8.23. The number of fused-ring (bicyclic) bond motifs is 6. The van der Waals surface area contributed by atoms with Gasteiger partial charge in [0.25, 0.3) is 0 Å². The summed E-state index contributed by atoms with van der Waals surface area (Å²) in [6, 6.07) is 24.0. The monoisotopic (exact) mass is 405 g/mol. The van der Waals surface area contributed by atoms with E-state index < -0.39 is 6.37 Å². The van der Waals surface area contributed by atoms with E-state index in [1.807, 2.05) is 30.3 Å². The summed E-state index contributed by atoms with van der Waals surface area (Å²) in [5, 5.41) is 6.51. The Bertz CT molecular complexity index is 1790. The van der Waals surface area contributed by atoms with Crippen LogP contribution in [0.3, 0.4) is 0 Å². The van der Waals surface area contributed by atoms with Crippen LogP contribution >= 0.6 is 0 Å². The quantitative estimate of drug-likeness (QED) is 0.278. The number of aromatic nitrogens is 1. The zero-order valence-electron chi connectivity index (χ0n) is 21.4. The molecule has 6 aromatic rings. The number of benzene rings is 4. The van der Waals surface area contributed by atoms with Gasteiger partial charge in [0.1, 0.15) is 11.2 Å². The standard InChI is InChI=1S/C29H23NO/c1-18(2)14-19-12-13-30-27(15-19)24-9-5-8-23-26-16-21-11-10-20-6-3-4-7-22(20)25(21)17-28(26)31-29(23)24/h3-13,15-18H,14H2,1-2H3/i12D,13D,14D2. The first kappa shape index (κ1) is 14.4. The van der Waals surface area contributed by atoms with Crippen molar-refractivity contribution in [3.8, 4) is 11.3 Å². The van der Waals surface area contributed by atoms with Gasteiger partial charge in [0.2, 0.25) is 0 Å². The zero-order chi connectivity index (χ0) is 24.5. The summed E-state index contributed by atoms with van der Waals surface area (Å²) in [4.78, 5) is 4.35. The normalized spacial score (nSPS) is 14.3. The fourth-order valence-corrected chi connectivity index (χ4v) is 4.38. The van der Waals surface area contributed by atoms with E-state index in [4.69, 9.17) is 9.90 Å². The van der Waals surface area contributed by atoms with Gasteiger partial charge in [-0.2, -0.15) is 0 Å². The highest BCUT2D eigenvalue weighted by Gasteiger charge is 2.15. The molecule has 0 fully saturated rings. The number of rotatable bonds is 3. The highest BCUT2D eigenvalue weighted by Crippen LogP contribution is 2.38. The molecule has 2 heteroatoms. The number of furan rings is 1. The molecule has 0 radical (unpaired) electrons. The zero-order valence-corrected chi connectivity index (χ0v) is 17.4. The van der Waals surface area contributed by atoms with Gasteiger partial charge in [-0.05, 0) is 69.7 Å². The molecular formula is C29H23NO. The Balaban J connectivity index is 1.63. The predicted octanol–water partition coefficient (Wildman–Crippen LogP) is 8.15. The lowest BCUT2D eigenvalue weighted by Crippen LogP contribution is -1.95. The summed E-state index contributed by atoms with van der Waals surface area (Å²) in [6.45, 7) is 3.55. The summed E-state index contributed by atoms with van der Waals surface area (Å²) < 4.78 is 40.0. The van der Waals surface area contributed by atoms with E-state index >= 15 is 0 Å². The first-order valence-electron chi connectivity index (χ1n) is 12.5. The molecule has 0 atom stereocenters. The van der Waals surface area contributed by atoms with Crippen molar-refractivity contribution >= 4 is 43.5 Å². The van der Waals surface area contributed by atoms with E-state index in [0.29, 0.717) is 16.8 Å². The number of pyridine rings is 1. The van der Waals surface area contributed by atoms with E-state index in [9.17, 15) is 0 Å². The Kier molecular flexibility index (Phi) is 3.22. The maximum absolute atomic E-state index is 8.53. The minimum atomic E-state index is -1.76. The van der Waals surface area contributed by atoms with E-state index in [0.717, 1.165) is 27.1 Å². The highest BCUT2D eigenvalue weighted by molar-refractivity contribution is 6.17. The molecule has 0 N–H and O–H groups in total. The van der Waals surface area contributed by atoms with Gasteiger partial charge in [0.15, 0.2) is 0 Å². The SMILES string of the molecule is [2H]c1nc(-c2cccc3c2oc2cc4c(ccc5ccccc54)cc23)cc(C([2H])([2H])C(C)C)c1[2H]. The van der Waals surface area contributed by atoms with Crippen LogP contribution in [0.1, 0.15) is 24.9 Å². The van der Waals surface area contributed by atoms with Gasteiger partial charge in [-0.3, -0.25) is 4.98 Å². The van der Waals surface area contributed by atoms with Crippen LogP contribution < -0.4 is 0 Å². The van der Waals surface area contributed by atoms with Crippen molar-refractivity contribution in [1.82, 2.24) is 4.98 Å². The minimum absolute atomic E-state index is 0.174. The van der Waals surface area contributed by atoms with Crippen LogP contribution in [-0.2, 0) is 6.37 Å². The van der Waals surface area contributed by atoms with Crippen molar-refractivity contribution in [2.24, 2.45) is 5.92 Å².